The first-order chi connectivity index (χ1) is 15.7. The zero-order chi connectivity index (χ0) is 24.0. The number of hydrogen-bond acceptors (Lipinski definition) is 6. The molecule has 0 radical (unpaired) electrons. The van der Waals surface area contributed by atoms with Gasteiger partial charge in [0.1, 0.15) is 11.5 Å². The number of methoxy groups -OCH3 is 2. The van der Waals surface area contributed by atoms with Gasteiger partial charge in [-0.05, 0) is 52.0 Å². The molecule has 1 heterocycles. The number of aromatic nitrogens is 2. The number of nitrogens with zero attached hydrogens (tertiary/aromatic N) is 2. The molecule has 0 aliphatic heterocycles. The first kappa shape index (κ1) is 24.3. The molecule has 0 aliphatic carbocycles. The highest BCUT2D eigenvalue weighted by Gasteiger charge is 2.30. The van der Waals surface area contributed by atoms with E-state index >= 15 is 0 Å². The fourth-order valence-corrected chi connectivity index (χ4v) is 3.40. The van der Waals surface area contributed by atoms with E-state index in [2.05, 4.69) is 0 Å². The largest absolute Gasteiger partial charge is 0.497 e. The van der Waals surface area contributed by atoms with E-state index in [9.17, 15) is 4.79 Å². The summed E-state index contributed by atoms with van der Waals surface area (Å²) >= 11 is 0. The molecule has 176 valence electrons. The standard InChI is InChI=1S/C26H32N2O5/c1-18(2)33-24-13-8-7-10-20(24)16-28-23(19-11-9-12-22(14-19)30-5)15-21(27-28)17-32-26(3,4)25(29)31-6/h7-15,18H,16-17H2,1-6H3. The Morgan fingerprint density at radius 2 is 1.82 bits per heavy atom. The Morgan fingerprint density at radius 3 is 2.52 bits per heavy atom. The Hall–Kier alpha value is -3.32. The molecule has 0 saturated heterocycles. The predicted molar refractivity (Wildman–Crippen MR) is 126 cm³/mol. The highest BCUT2D eigenvalue weighted by molar-refractivity contribution is 5.78. The van der Waals surface area contributed by atoms with Crippen molar-refractivity contribution >= 4 is 5.97 Å². The number of carbonyl (C=O) groups is 1. The van der Waals surface area contributed by atoms with Crippen molar-refractivity contribution in [2.24, 2.45) is 0 Å². The van der Waals surface area contributed by atoms with Crippen molar-refractivity contribution in [2.75, 3.05) is 14.2 Å². The maximum atomic E-state index is 12.0. The SMILES string of the molecule is COC(=O)C(C)(C)OCc1cc(-c2cccc(OC)c2)n(Cc2ccccc2OC(C)C)n1. The molecule has 0 saturated carbocycles. The fourth-order valence-electron chi connectivity index (χ4n) is 3.40. The highest BCUT2D eigenvalue weighted by Crippen LogP contribution is 2.28. The summed E-state index contributed by atoms with van der Waals surface area (Å²) in [6.07, 6.45) is 0.0612. The van der Waals surface area contributed by atoms with Crippen molar-refractivity contribution in [1.29, 1.82) is 0 Å². The van der Waals surface area contributed by atoms with Gasteiger partial charge >= 0.3 is 5.97 Å². The van der Waals surface area contributed by atoms with Gasteiger partial charge in [0.2, 0.25) is 0 Å². The lowest BCUT2D eigenvalue weighted by Crippen LogP contribution is -2.35. The van der Waals surface area contributed by atoms with Gasteiger partial charge in [0.05, 0.1) is 44.9 Å². The van der Waals surface area contributed by atoms with Crippen molar-refractivity contribution < 1.29 is 23.7 Å². The molecule has 0 fully saturated rings. The van der Waals surface area contributed by atoms with Crippen LogP contribution in [0.5, 0.6) is 11.5 Å². The molecule has 7 nitrogen and oxygen atoms in total. The molecule has 0 atom stereocenters. The minimum absolute atomic E-state index is 0.0612. The van der Waals surface area contributed by atoms with Gasteiger partial charge in [0.25, 0.3) is 0 Å². The molecule has 0 aliphatic rings. The Balaban J connectivity index is 1.97. The van der Waals surface area contributed by atoms with Crippen LogP contribution in [0.1, 0.15) is 39.0 Å². The van der Waals surface area contributed by atoms with Gasteiger partial charge in [0, 0.05) is 11.1 Å². The minimum atomic E-state index is -1.08. The molecule has 1 aromatic heterocycles. The van der Waals surface area contributed by atoms with Crippen molar-refractivity contribution in [3.63, 3.8) is 0 Å². The summed E-state index contributed by atoms with van der Waals surface area (Å²) in [4.78, 5) is 12.0. The van der Waals surface area contributed by atoms with Gasteiger partial charge in [-0.2, -0.15) is 5.10 Å². The number of para-hydroxylation sites is 1. The molecule has 0 N–H and O–H groups in total. The zero-order valence-electron chi connectivity index (χ0n) is 20.1. The van der Waals surface area contributed by atoms with Crippen molar-refractivity contribution in [3.05, 3.63) is 65.9 Å². The molecular formula is C26H32N2O5. The van der Waals surface area contributed by atoms with Crippen LogP contribution >= 0.6 is 0 Å². The summed E-state index contributed by atoms with van der Waals surface area (Å²) in [6.45, 7) is 8.04. The third kappa shape index (κ3) is 6.14. The molecule has 7 heteroatoms. The number of ether oxygens (including phenoxy) is 4. The van der Waals surface area contributed by atoms with Gasteiger partial charge in [-0.1, -0.05) is 30.3 Å². The number of benzene rings is 2. The monoisotopic (exact) mass is 452 g/mol. The summed E-state index contributed by atoms with van der Waals surface area (Å²) in [6, 6.07) is 17.7. The van der Waals surface area contributed by atoms with Crippen LogP contribution in [-0.2, 0) is 27.4 Å². The lowest BCUT2D eigenvalue weighted by Gasteiger charge is -2.21. The fraction of sp³-hybridized carbons (Fsp3) is 0.385. The summed E-state index contributed by atoms with van der Waals surface area (Å²) < 4.78 is 24.0. The summed E-state index contributed by atoms with van der Waals surface area (Å²) in [5, 5.41) is 4.79. The Labute approximate surface area is 195 Å². The van der Waals surface area contributed by atoms with Crippen molar-refractivity contribution in [1.82, 2.24) is 9.78 Å². The first-order valence-corrected chi connectivity index (χ1v) is 10.9. The van der Waals surface area contributed by atoms with E-state index in [1.165, 1.54) is 7.11 Å². The minimum Gasteiger partial charge on any atom is -0.497 e. The Bertz CT molecular complexity index is 1090. The number of carbonyl (C=O) groups excluding carboxylic acids is 1. The summed E-state index contributed by atoms with van der Waals surface area (Å²) in [7, 11) is 2.99. The highest BCUT2D eigenvalue weighted by atomic mass is 16.6. The summed E-state index contributed by atoms with van der Waals surface area (Å²) in [5.41, 5.74) is 2.50. The molecule has 33 heavy (non-hydrogen) atoms. The predicted octanol–water partition coefficient (Wildman–Crippen LogP) is 4.86. The van der Waals surface area contributed by atoms with E-state index in [0.29, 0.717) is 12.2 Å². The molecule has 3 aromatic rings. The topological polar surface area (TPSA) is 71.8 Å². The lowest BCUT2D eigenvalue weighted by molar-refractivity contribution is -0.166. The quantitative estimate of drug-likeness (QED) is 0.409. The first-order valence-electron chi connectivity index (χ1n) is 10.9. The second kappa shape index (κ2) is 10.5. The van der Waals surface area contributed by atoms with Crippen LogP contribution in [-0.4, -0.2) is 41.7 Å². The van der Waals surface area contributed by atoms with Crippen LogP contribution in [0.25, 0.3) is 11.3 Å². The van der Waals surface area contributed by atoms with Gasteiger partial charge in [-0.15, -0.1) is 0 Å². The van der Waals surface area contributed by atoms with Crippen molar-refractivity contribution in [2.45, 2.75) is 52.6 Å². The molecule has 0 bridgehead atoms. The zero-order valence-corrected chi connectivity index (χ0v) is 20.1. The Morgan fingerprint density at radius 1 is 1.06 bits per heavy atom. The molecule has 2 aromatic carbocycles. The maximum absolute atomic E-state index is 12.0. The number of rotatable bonds is 10. The van der Waals surface area contributed by atoms with Crippen LogP contribution in [0.3, 0.4) is 0 Å². The molecule has 0 unspecified atom stereocenters. The third-order valence-corrected chi connectivity index (χ3v) is 5.11. The van der Waals surface area contributed by atoms with E-state index in [1.807, 2.05) is 73.1 Å². The van der Waals surface area contributed by atoms with E-state index < -0.39 is 11.6 Å². The van der Waals surface area contributed by atoms with E-state index in [0.717, 1.165) is 28.3 Å². The summed E-state index contributed by atoms with van der Waals surface area (Å²) in [5.74, 6) is 1.15. The van der Waals surface area contributed by atoms with Crippen LogP contribution in [0.2, 0.25) is 0 Å². The van der Waals surface area contributed by atoms with Crippen LogP contribution < -0.4 is 9.47 Å². The number of esters is 1. The van der Waals surface area contributed by atoms with Gasteiger partial charge < -0.3 is 18.9 Å². The molecular weight excluding hydrogens is 420 g/mol. The van der Waals surface area contributed by atoms with Crippen molar-refractivity contribution in [3.8, 4) is 22.8 Å². The van der Waals surface area contributed by atoms with E-state index in [1.54, 1.807) is 21.0 Å². The van der Waals surface area contributed by atoms with Crippen LogP contribution in [0.15, 0.2) is 54.6 Å². The number of hydrogen-bond donors (Lipinski definition) is 0. The molecule has 0 spiro atoms. The van der Waals surface area contributed by atoms with E-state index in [4.69, 9.17) is 24.0 Å². The lowest BCUT2D eigenvalue weighted by atomic mass is 10.1. The smallest absolute Gasteiger partial charge is 0.337 e. The molecule has 0 amide bonds. The average Bonchev–Trinajstić information content (AvgIpc) is 3.21. The van der Waals surface area contributed by atoms with Gasteiger partial charge in [-0.3, -0.25) is 4.68 Å². The van der Waals surface area contributed by atoms with Crippen LogP contribution in [0, 0.1) is 0 Å². The second-order valence-electron chi connectivity index (χ2n) is 8.48. The Kier molecular flexibility index (Phi) is 7.76. The van der Waals surface area contributed by atoms with Gasteiger partial charge in [0.15, 0.2) is 5.60 Å². The van der Waals surface area contributed by atoms with E-state index in [-0.39, 0.29) is 12.7 Å². The van der Waals surface area contributed by atoms with Gasteiger partial charge in [-0.25, -0.2) is 4.79 Å². The van der Waals surface area contributed by atoms with Crippen LogP contribution in [0.4, 0.5) is 0 Å². The average molecular weight is 453 g/mol. The maximum Gasteiger partial charge on any atom is 0.337 e. The third-order valence-electron chi connectivity index (χ3n) is 5.11. The normalized spacial score (nSPS) is 11.5. The second-order valence-corrected chi connectivity index (χ2v) is 8.48. The molecule has 3 rings (SSSR count).